The Kier molecular flexibility index (Phi) is 8.17. The number of aliphatic carboxylic acids is 1. The molecule has 3 nitrogen and oxygen atoms in total. The molecular formula is C13H21NO2. The van der Waals surface area contributed by atoms with Crippen LogP contribution in [0.3, 0.4) is 0 Å². The molecule has 0 saturated carbocycles. The average Bonchev–Trinajstić information content (AvgIpc) is 2.24. The molecule has 0 saturated heterocycles. The van der Waals surface area contributed by atoms with Crippen LogP contribution in [0.4, 0.5) is 0 Å². The third kappa shape index (κ3) is 7.01. The Morgan fingerprint density at radius 1 is 1.31 bits per heavy atom. The highest BCUT2D eigenvalue weighted by Crippen LogP contribution is 2.01. The minimum absolute atomic E-state index is 0.416. The normalized spacial score (nSPS) is 11.5. The predicted molar refractivity (Wildman–Crippen MR) is 67.5 cm³/mol. The van der Waals surface area contributed by atoms with Gasteiger partial charge in [0.05, 0.1) is 0 Å². The van der Waals surface area contributed by atoms with Crippen molar-refractivity contribution in [2.45, 2.75) is 19.8 Å². The van der Waals surface area contributed by atoms with Crippen molar-refractivity contribution in [3.05, 3.63) is 37.0 Å². The zero-order valence-electron chi connectivity index (χ0n) is 9.98. The fourth-order valence-electron chi connectivity index (χ4n) is 1.34. The summed E-state index contributed by atoms with van der Waals surface area (Å²) in [7, 11) is 0. The lowest BCUT2D eigenvalue weighted by Gasteiger charge is -2.17. The lowest BCUT2D eigenvalue weighted by Crippen LogP contribution is -2.24. The fraction of sp³-hybridized carbons (Fsp3) is 0.462. The Morgan fingerprint density at radius 2 is 1.88 bits per heavy atom. The second-order valence-electron chi connectivity index (χ2n) is 3.67. The van der Waals surface area contributed by atoms with Crippen LogP contribution in [0.5, 0.6) is 0 Å². The second-order valence-corrected chi connectivity index (χ2v) is 3.67. The van der Waals surface area contributed by atoms with Gasteiger partial charge in [0.15, 0.2) is 0 Å². The first-order valence-electron chi connectivity index (χ1n) is 5.46. The van der Waals surface area contributed by atoms with E-state index in [4.69, 9.17) is 5.11 Å². The van der Waals surface area contributed by atoms with Gasteiger partial charge in [0.25, 0.3) is 0 Å². The Bertz CT molecular complexity index is 259. The number of unbranched alkanes of at least 4 members (excludes halogenated alkanes) is 1. The first-order valence-corrected chi connectivity index (χ1v) is 5.46. The third-order valence-corrected chi connectivity index (χ3v) is 2.24. The lowest BCUT2D eigenvalue weighted by atomic mass is 10.2. The molecular weight excluding hydrogens is 202 g/mol. The molecule has 0 radical (unpaired) electrons. The molecule has 0 aromatic heterocycles. The Morgan fingerprint density at radius 3 is 2.31 bits per heavy atom. The molecule has 0 atom stereocenters. The molecule has 0 aromatic carbocycles. The molecule has 0 aromatic rings. The van der Waals surface area contributed by atoms with Gasteiger partial charge in [-0.1, -0.05) is 18.2 Å². The number of hydrogen-bond donors (Lipinski definition) is 1. The van der Waals surface area contributed by atoms with Crippen molar-refractivity contribution in [3.63, 3.8) is 0 Å². The first-order chi connectivity index (χ1) is 7.61. The Balaban J connectivity index is 3.85. The highest BCUT2D eigenvalue weighted by atomic mass is 16.4. The van der Waals surface area contributed by atoms with Crippen LogP contribution in [0.25, 0.3) is 0 Å². The number of nitrogens with zero attached hydrogens (tertiary/aromatic N) is 1. The van der Waals surface area contributed by atoms with E-state index >= 15 is 0 Å². The number of carboxylic acid groups (broad SMARTS) is 1. The van der Waals surface area contributed by atoms with E-state index < -0.39 is 5.97 Å². The molecule has 0 fully saturated rings. The smallest absolute Gasteiger partial charge is 0.330 e. The molecule has 90 valence electrons. The maximum atomic E-state index is 10.5. The van der Waals surface area contributed by atoms with Gasteiger partial charge in [-0.2, -0.15) is 0 Å². The van der Waals surface area contributed by atoms with Crippen molar-refractivity contribution >= 4 is 5.97 Å². The monoisotopic (exact) mass is 223 g/mol. The van der Waals surface area contributed by atoms with Crippen molar-refractivity contribution in [3.8, 4) is 0 Å². The number of hydrogen-bond acceptors (Lipinski definition) is 2. The number of allylic oxidation sites excluding steroid dienone is 1. The summed E-state index contributed by atoms with van der Waals surface area (Å²) >= 11 is 0. The molecule has 0 rings (SSSR count). The number of rotatable bonds is 9. The van der Waals surface area contributed by atoms with Crippen molar-refractivity contribution in [1.82, 2.24) is 4.90 Å². The van der Waals surface area contributed by atoms with E-state index in [9.17, 15) is 4.79 Å². The highest BCUT2D eigenvalue weighted by molar-refractivity contribution is 5.85. The van der Waals surface area contributed by atoms with Crippen LogP contribution in [0, 0.1) is 0 Å². The largest absolute Gasteiger partial charge is 0.478 e. The first kappa shape index (κ1) is 14.6. The van der Waals surface area contributed by atoms with Crippen molar-refractivity contribution < 1.29 is 9.90 Å². The molecule has 0 aliphatic heterocycles. The van der Waals surface area contributed by atoms with E-state index in [0.717, 1.165) is 32.5 Å². The number of carboxylic acids is 1. The van der Waals surface area contributed by atoms with Gasteiger partial charge in [0.1, 0.15) is 0 Å². The van der Waals surface area contributed by atoms with Crippen LogP contribution in [-0.2, 0) is 4.79 Å². The molecule has 0 aliphatic rings. The van der Waals surface area contributed by atoms with E-state index in [2.05, 4.69) is 18.1 Å². The lowest BCUT2D eigenvalue weighted by molar-refractivity contribution is -0.132. The quantitative estimate of drug-likeness (QED) is 0.371. The summed E-state index contributed by atoms with van der Waals surface area (Å²) in [4.78, 5) is 12.7. The SMILES string of the molecule is C=CCN(CC=C)CCCC=C(C)C(=O)O. The molecule has 16 heavy (non-hydrogen) atoms. The van der Waals surface area contributed by atoms with E-state index in [1.54, 1.807) is 13.0 Å². The number of carbonyl (C=O) groups is 1. The van der Waals surface area contributed by atoms with Gasteiger partial charge in [0.2, 0.25) is 0 Å². The predicted octanol–water partition coefficient (Wildman–Crippen LogP) is 2.47. The fourth-order valence-corrected chi connectivity index (χ4v) is 1.34. The van der Waals surface area contributed by atoms with Crippen LogP contribution in [-0.4, -0.2) is 35.6 Å². The Labute approximate surface area is 97.8 Å². The summed E-state index contributed by atoms with van der Waals surface area (Å²) in [5.74, 6) is -0.839. The minimum atomic E-state index is -0.839. The van der Waals surface area contributed by atoms with Crippen molar-refractivity contribution in [2.24, 2.45) is 0 Å². The van der Waals surface area contributed by atoms with Gasteiger partial charge in [-0.3, -0.25) is 4.90 Å². The summed E-state index contributed by atoms with van der Waals surface area (Å²) in [6.07, 6.45) is 7.24. The zero-order valence-corrected chi connectivity index (χ0v) is 9.98. The summed E-state index contributed by atoms with van der Waals surface area (Å²) in [6.45, 7) is 11.6. The molecule has 1 N–H and O–H groups in total. The topological polar surface area (TPSA) is 40.5 Å². The van der Waals surface area contributed by atoms with Gasteiger partial charge in [-0.25, -0.2) is 4.79 Å². The van der Waals surface area contributed by atoms with Gasteiger partial charge in [-0.05, 0) is 26.3 Å². The highest BCUT2D eigenvalue weighted by Gasteiger charge is 2.01. The Hall–Kier alpha value is -1.35. The standard InChI is InChI=1S/C13H21NO2/c1-4-9-14(10-5-2)11-7-6-8-12(3)13(15)16/h4-5,8H,1-2,6-7,9-11H2,3H3,(H,15,16). The maximum Gasteiger partial charge on any atom is 0.330 e. The summed E-state index contributed by atoms with van der Waals surface area (Å²) in [5.41, 5.74) is 0.416. The van der Waals surface area contributed by atoms with Crippen LogP contribution < -0.4 is 0 Å². The van der Waals surface area contributed by atoms with Gasteiger partial charge >= 0.3 is 5.97 Å². The third-order valence-electron chi connectivity index (χ3n) is 2.24. The summed E-state index contributed by atoms with van der Waals surface area (Å²) < 4.78 is 0. The molecule has 0 heterocycles. The molecule has 0 unspecified atom stereocenters. The van der Waals surface area contributed by atoms with E-state index in [-0.39, 0.29) is 0 Å². The van der Waals surface area contributed by atoms with Crippen LogP contribution in [0.2, 0.25) is 0 Å². The molecule has 3 heteroatoms. The molecule has 0 bridgehead atoms. The molecule has 0 aliphatic carbocycles. The van der Waals surface area contributed by atoms with E-state index in [0.29, 0.717) is 5.57 Å². The minimum Gasteiger partial charge on any atom is -0.478 e. The van der Waals surface area contributed by atoms with Gasteiger partial charge in [-0.15, -0.1) is 13.2 Å². The molecule has 0 amide bonds. The van der Waals surface area contributed by atoms with Crippen LogP contribution >= 0.6 is 0 Å². The average molecular weight is 223 g/mol. The second kappa shape index (κ2) is 8.92. The van der Waals surface area contributed by atoms with Crippen LogP contribution in [0.15, 0.2) is 37.0 Å². The molecule has 0 spiro atoms. The van der Waals surface area contributed by atoms with Crippen molar-refractivity contribution in [1.29, 1.82) is 0 Å². The van der Waals surface area contributed by atoms with Gasteiger partial charge < -0.3 is 5.11 Å². The maximum absolute atomic E-state index is 10.5. The van der Waals surface area contributed by atoms with Crippen LogP contribution in [0.1, 0.15) is 19.8 Å². The zero-order chi connectivity index (χ0) is 12.4. The summed E-state index contributed by atoms with van der Waals surface area (Å²) in [5, 5.41) is 8.65. The van der Waals surface area contributed by atoms with E-state index in [1.165, 1.54) is 0 Å². The van der Waals surface area contributed by atoms with Crippen molar-refractivity contribution in [2.75, 3.05) is 19.6 Å². The summed E-state index contributed by atoms with van der Waals surface area (Å²) in [6, 6.07) is 0. The van der Waals surface area contributed by atoms with E-state index in [1.807, 2.05) is 12.2 Å². The van der Waals surface area contributed by atoms with Gasteiger partial charge in [0, 0.05) is 18.7 Å².